The van der Waals surface area contributed by atoms with E-state index in [4.69, 9.17) is 5.41 Å². The van der Waals surface area contributed by atoms with Gasteiger partial charge in [-0.05, 0) is 6.92 Å². The Bertz CT molecular complexity index is 391. The standard InChI is InChI=1S/C7H7N2O5/c1-4-5(14-7(11)13-4)2-12-6(10)9-3-8/h2H2,1H3,(H2,8,9,10). The van der Waals surface area contributed by atoms with Crippen molar-refractivity contribution in [2.24, 2.45) is 0 Å². The summed E-state index contributed by atoms with van der Waals surface area (Å²) in [5.74, 6) is -0.461. The molecule has 0 spiro atoms. The molecular formula is C7H7N2O5. The third-order valence-electron chi connectivity index (χ3n) is 1.33. The second kappa shape index (κ2) is 4.26. The van der Waals surface area contributed by atoms with E-state index in [9.17, 15) is 9.59 Å². The highest BCUT2D eigenvalue weighted by Gasteiger charge is 2.10. The average Bonchev–Trinajstić information content (AvgIpc) is 2.42. The van der Waals surface area contributed by atoms with Gasteiger partial charge in [0.15, 0.2) is 24.5 Å². The predicted octanol–water partition coefficient (Wildman–Crippen LogP) is 0.251. The van der Waals surface area contributed by atoms with E-state index >= 15 is 0 Å². The molecule has 7 heteroatoms. The summed E-state index contributed by atoms with van der Waals surface area (Å²) in [5.41, 5.74) is 0. The topological polar surface area (TPSA) is 106 Å². The van der Waals surface area contributed by atoms with Crippen LogP contribution in [0.2, 0.25) is 0 Å². The smallest absolute Gasteiger partial charge is 0.441 e. The summed E-state index contributed by atoms with van der Waals surface area (Å²) < 4.78 is 13.6. The van der Waals surface area contributed by atoms with E-state index in [2.05, 4.69) is 13.6 Å². The van der Waals surface area contributed by atoms with Crippen LogP contribution in [0.15, 0.2) is 13.6 Å². The van der Waals surface area contributed by atoms with Crippen LogP contribution in [0.25, 0.3) is 0 Å². The Morgan fingerprint density at radius 1 is 1.64 bits per heavy atom. The SMILES string of the molecule is Cc1oc(=O)oc1COC(=O)N[C]=N. The van der Waals surface area contributed by atoms with E-state index in [1.165, 1.54) is 6.92 Å². The van der Waals surface area contributed by atoms with Crippen LogP contribution in [0.3, 0.4) is 0 Å². The van der Waals surface area contributed by atoms with Gasteiger partial charge in [0.2, 0.25) is 0 Å². The van der Waals surface area contributed by atoms with Crippen LogP contribution < -0.4 is 11.1 Å². The number of carbonyl (C=O) groups is 1. The Kier molecular flexibility index (Phi) is 3.05. The summed E-state index contributed by atoms with van der Waals surface area (Å²) in [6, 6.07) is 0. The molecule has 2 N–H and O–H groups in total. The Hall–Kier alpha value is -2.05. The molecule has 1 heterocycles. The molecule has 75 valence electrons. The number of carbonyl (C=O) groups excluding carboxylic acids is 1. The molecule has 0 bridgehead atoms. The molecule has 0 saturated carbocycles. The zero-order chi connectivity index (χ0) is 10.6. The molecule has 7 nitrogen and oxygen atoms in total. The number of rotatable bonds is 3. The lowest BCUT2D eigenvalue weighted by Gasteiger charge is -1.99. The highest BCUT2D eigenvalue weighted by Crippen LogP contribution is 2.05. The van der Waals surface area contributed by atoms with Crippen molar-refractivity contribution in [2.75, 3.05) is 0 Å². The van der Waals surface area contributed by atoms with Gasteiger partial charge in [-0.25, -0.2) is 9.59 Å². The minimum atomic E-state index is -0.858. The van der Waals surface area contributed by atoms with Gasteiger partial charge in [-0.15, -0.1) is 0 Å². The summed E-state index contributed by atoms with van der Waals surface area (Å²) in [6.45, 7) is 1.27. The van der Waals surface area contributed by atoms with Crippen LogP contribution in [-0.4, -0.2) is 12.4 Å². The number of hydrogen-bond acceptors (Lipinski definition) is 6. The lowest BCUT2D eigenvalue weighted by atomic mass is 10.4. The van der Waals surface area contributed by atoms with Crippen LogP contribution in [0.5, 0.6) is 0 Å². The van der Waals surface area contributed by atoms with Crippen molar-refractivity contribution < 1.29 is 18.4 Å². The first-order valence-corrected chi connectivity index (χ1v) is 3.57. The molecule has 0 aromatic carbocycles. The van der Waals surface area contributed by atoms with E-state index in [0.717, 1.165) is 0 Å². The van der Waals surface area contributed by atoms with Crippen molar-refractivity contribution in [1.29, 1.82) is 5.41 Å². The molecule has 1 aromatic rings. The fourth-order valence-corrected chi connectivity index (χ4v) is 0.725. The van der Waals surface area contributed by atoms with Crippen molar-refractivity contribution in [3.63, 3.8) is 0 Å². The Balaban J connectivity index is 2.53. The minimum Gasteiger partial charge on any atom is -0.441 e. The quantitative estimate of drug-likeness (QED) is 0.412. The van der Waals surface area contributed by atoms with Crippen LogP contribution in [-0.2, 0) is 11.3 Å². The number of nitrogens with one attached hydrogen (secondary N) is 2. The molecular weight excluding hydrogens is 192 g/mol. The van der Waals surface area contributed by atoms with Gasteiger partial charge in [-0.3, -0.25) is 10.7 Å². The molecule has 1 aromatic heterocycles. The fraction of sp³-hybridized carbons (Fsp3) is 0.286. The van der Waals surface area contributed by atoms with Gasteiger partial charge in [-0.1, -0.05) is 0 Å². The fourth-order valence-electron chi connectivity index (χ4n) is 0.725. The third-order valence-corrected chi connectivity index (χ3v) is 1.33. The molecule has 1 amide bonds. The largest absolute Gasteiger partial charge is 0.519 e. The van der Waals surface area contributed by atoms with Crippen molar-refractivity contribution in [3.05, 3.63) is 22.1 Å². The van der Waals surface area contributed by atoms with Gasteiger partial charge in [0.1, 0.15) is 0 Å². The van der Waals surface area contributed by atoms with Crippen LogP contribution in [0.4, 0.5) is 4.79 Å². The number of ether oxygens (including phenoxy) is 1. The molecule has 0 atom stereocenters. The van der Waals surface area contributed by atoms with Crippen LogP contribution in [0.1, 0.15) is 11.5 Å². The van der Waals surface area contributed by atoms with E-state index in [-0.39, 0.29) is 18.1 Å². The summed E-state index contributed by atoms with van der Waals surface area (Å²) in [7, 11) is 0. The van der Waals surface area contributed by atoms with Gasteiger partial charge in [0, 0.05) is 0 Å². The first kappa shape index (κ1) is 10.0. The third kappa shape index (κ3) is 2.47. The Morgan fingerprint density at radius 3 is 2.86 bits per heavy atom. The molecule has 14 heavy (non-hydrogen) atoms. The molecule has 0 aliphatic heterocycles. The zero-order valence-corrected chi connectivity index (χ0v) is 7.25. The van der Waals surface area contributed by atoms with Crippen molar-refractivity contribution in [2.45, 2.75) is 13.5 Å². The van der Waals surface area contributed by atoms with Gasteiger partial charge in [0.05, 0.1) is 0 Å². The maximum atomic E-state index is 10.7. The predicted molar refractivity (Wildman–Crippen MR) is 43.0 cm³/mol. The molecule has 0 aliphatic carbocycles. The zero-order valence-electron chi connectivity index (χ0n) is 7.25. The Morgan fingerprint density at radius 2 is 2.36 bits per heavy atom. The van der Waals surface area contributed by atoms with Gasteiger partial charge < -0.3 is 13.6 Å². The highest BCUT2D eigenvalue weighted by molar-refractivity contribution is 5.80. The highest BCUT2D eigenvalue weighted by atomic mass is 16.6. The molecule has 0 fully saturated rings. The lowest BCUT2D eigenvalue weighted by Crippen LogP contribution is -2.21. The minimum absolute atomic E-state index is 0.134. The van der Waals surface area contributed by atoms with Crippen LogP contribution in [0, 0.1) is 12.3 Å². The maximum Gasteiger partial charge on any atom is 0.519 e. The first-order valence-electron chi connectivity index (χ1n) is 3.57. The molecule has 0 saturated heterocycles. The summed E-state index contributed by atoms with van der Waals surface area (Å²) in [6.07, 6.45) is 0.775. The maximum absolute atomic E-state index is 10.7. The van der Waals surface area contributed by atoms with E-state index in [1.807, 2.05) is 5.32 Å². The van der Waals surface area contributed by atoms with Gasteiger partial charge in [-0.2, -0.15) is 0 Å². The molecule has 0 aliphatic rings. The van der Waals surface area contributed by atoms with Crippen molar-refractivity contribution in [3.8, 4) is 0 Å². The van der Waals surface area contributed by atoms with Gasteiger partial charge in [0.25, 0.3) is 0 Å². The second-order valence-corrected chi connectivity index (χ2v) is 2.26. The summed E-state index contributed by atoms with van der Waals surface area (Å²) >= 11 is 0. The Labute approximate surface area is 78.2 Å². The molecule has 1 rings (SSSR count). The van der Waals surface area contributed by atoms with Crippen molar-refractivity contribution in [1.82, 2.24) is 5.32 Å². The monoisotopic (exact) mass is 199 g/mol. The van der Waals surface area contributed by atoms with E-state index in [1.54, 1.807) is 6.34 Å². The van der Waals surface area contributed by atoms with Crippen molar-refractivity contribution >= 4 is 12.4 Å². The number of aryl methyl sites for hydroxylation is 1. The van der Waals surface area contributed by atoms with E-state index < -0.39 is 11.9 Å². The normalized spacial score (nSPS) is 9.50. The second-order valence-electron chi connectivity index (χ2n) is 2.26. The summed E-state index contributed by atoms with van der Waals surface area (Å²) in [4.78, 5) is 21.2. The van der Waals surface area contributed by atoms with Crippen LogP contribution >= 0.6 is 0 Å². The number of alkyl carbamates (subject to hydrolysis) is 1. The number of hydrogen-bond donors (Lipinski definition) is 2. The van der Waals surface area contributed by atoms with Gasteiger partial charge >= 0.3 is 11.9 Å². The first-order chi connectivity index (χ1) is 6.63. The molecule has 1 radical (unpaired) electrons. The summed E-state index contributed by atoms with van der Waals surface area (Å²) in [5, 5.41) is 8.26. The van der Waals surface area contributed by atoms with E-state index in [0.29, 0.717) is 0 Å². The average molecular weight is 199 g/mol. The number of amides is 1. The molecule has 0 unspecified atom stereocenters. The lowest BCUT2D eigenvalue weighted by molar-refractivity contribution is 0.135.